The van der Waals surface area contributed by atoms with E-state index in [2.05, 4.69) is 5.32 Å². The Balaban J connectivity index is 1.59. The summed E-state index contributed by atoms with van der Waals surface area (Å²) in [6.07, 6.45) is 2.15. The molecular formula is C29H33ClN2O7. The molecule has 1 saturated carbocycles. The minimum atomic E-state index is -1.16. The van der Waals surface area contributed by atoms with Crippen LogP contribution >= 0.6 is 11.6 Å². The maximum absolute atomic E-state index is 13.7. The van der Waals surface area contributed by atoms with Crippen LogP contribution in [-0.4, -0.2) is 70.5 Å². The molecule has 4 atom stereocenters. The van der Waals surface area contributed by atoms with E-state index in [4.69, 9.17) is 21.1 Å². The number of aliphatic hydroxyl groups excluding tert-OH is 3. The molecule has 10 heteroatoms. The average molecular weight is 557 g/mol. The molecular weight excluding hydrogens is 524 g/mol. The second-order valence-corrected chi connectivity index (χ2v) is 10.7. The highest BCUT2D eigenvalue weighted by Gasteiger charge is 2.52. The van der Waals surface area contributed by atoms with Crippen molar-refractivity contribution in [2.45, 2.75) is 56.6 Å². The van der Waals surface area contributed by atoms with Crippen molar-refractivity contribution in [2.75, 3.05) is 20.3 Å². The lowest BCUT2D eigenvalue weighted by molar-refractivity contribution is -0.145. The van der Waals surface area contributed by atoms with Crippen LogP contribution in [0.3, 0.4) is 0 Å². The van der Waals surface area contributed by atoms with Crippen molar-refractivity contribution in [2.24, 2.45) is 5.92 Å². The molecule has 0 bridgehead atoms. The van der Waals surface area contributed by atoms with Gasteiger partial charge in [0.15, 0.2) is 11.5 Å². The smallest absolute Gasteiger partial charge is 0.247 e. The Labute approximate surface area is 232 Å². The number of hydrogen-bond acceptors (Lipinski definition) is 7. The standard InChI is InChI=1S/C29H33ClN2O7/c1-38-23-12-17(15-34)11-20-24-21(28(36)31-9-10-33)13-22(25(35)27(24)39-26(20)23)32(29(37)18-3-2-4-18)14-16-5-7-19(30)8-6-16/h5-8,11-13,18,22,24-25,27,33-35H,2-4,9-10,14-15H2,1H3,(H,31,36)/t22-,24+,25+,27+/m1/s1. The second kappa shape index (κ2) is 11.6. The van der Waals surface area contributed by atoms with Crippen LogP contribution in [0, 0.1) is 5.92 Å². The molecule has 2 amide bonds. The van der Waals surface area contributed by atoms with Crippen molar-refractivity contribution in [3.63, 3.8) is 0 Å². The summed E-state index contributed by atoms with van der Waals surface area (Å²) in [5.41, 5.74) is 2.35. The van der Waals surface area contributed by atoms with Crippen LogP contribution in [0.25, 0.3) is 0 Å². The summed E-state index contributed by atoms with van der Waals surface area (Å²) in [5.74, 6) is -0.546. The zero-order valence-electron chi connectivity index (χ0n) is 21.7. The third kappa shape index (κ3) is 5.24. The summed E-state index contributed by atoms with van der Waals surface area (Å²) >= 11 is 6.08. The molecule has 0 spiro atoms. The number of rotatable bonds is 9. The molecule has 3 aliphatic rings. The highest BCUT2D eigenvalue weighted by molar-refractivity contribution is 6.30. The predicted molar refractivity (Wildman–Crippen MR) is 143 cm³/mol. The van der Waals surface area contributed by atoms with Crippen molar-refractivity contribution < 1.29 is 34.4 Å². The third-order valence-corrected chi connectivity index (χ3v) is 8.11. The molecule has 4 N–H and O–H groups in total. The van der Waals surface area contributed by atoms with Crippen molar-refractivity contribution in [3.05, 3.63) is 69.8 Å². The van der Waals surface area contributed by atoms with Crippen molar-refractivity contribution in [1.82, 2.24) is 10.2 Å². The van der Waals surface area contributed by atoms with Gasteiger partial charge in [0, 0.05) is 35.2 Å². The fourth-order valence-electron chi connectivity index (χ4n) is 5.63. The fourth-order valence-corrected chi connectivity index (χ4v) is 5.75. The number of amides is 2. The van der Waals surface area contributed by atoms with E-state index in [1.807, 2.05) is 12.1 Å². The van der Waals surface area contributed by atoms with Crippen LogP contribution in [0.4, 0.5) is 0 Å². The summed E-state index contributed by atoms with van der Waals surface area (Å²) in [4.78, 5) is 28.8. The van der Waals surface area contributed by atoms with E-state index < -0.39 is 30.1 Å². The van der Waals surface area contributed by atoms with Gasteiger partial charge in [0.1, 0.15) is 12.2 Å². The first kappa shape index (κ1) is 27.5. The molecule has 2 aromatic carbocycles. The number of nitrogens with one attached hydrogen (secondary N) is 1. The molecule has 1 heterocycles. The highest BCUT2D eigenvalue weighted by atomic mass is 35.5. The van der Waals surface area contributed by atoms with Gasteiger partial charge in [0.25, 0.3) is 0 Å². The highest BCUT2D eigenvalue weighted by Crippen LogP contribution is 2.51. The largest absolute Gasteiger partial charge is 0.493 e. The maximum Gasteiger partial charge on any atom is 0.247 e. The van der Waals surface area contributed by atoms with Gasteiger partial charge in [0.05, 0.1) is 32.3 Å². The first-order valence-electron chi connectivity index (χ1n) is 13.2. The van der Waals surface area contributed by atoms with Crippen molar-refractivity contribution in [3.8, 4) is 11.5 Å². The number of nitrogens with zero attached hydrogens (tertiary/aromatic N) is 1. The van der Waals surface area contributed by atoms with Gasteiger partial charge in [-0.15, -0.1) is 0 Å². The first-order chi connectivity index (χ1) is 18.9. The van der Waals surface area contributed by atoms with E-state index >= 15 is 0 Å². The number of ether oxygens (including phenoxy) is 2. The number of aliphatic hydroxyl groups is 3. The Kier molecular flexibility index (Phi) is 8.13. The lowest BCUT2D eigenvalue weighted by atomic mass is 9.76. The van der Waals surface area contributed by atoms with E-state index in [0.29, 0.717) is 33.2 Å². The van der Waals surface area contributed by atoms with Gasteiger partial charge in [-0.05, 0) is 54.3 Å². The average Bonchev–Trinajstić information content (AvgIpc) is 3.30. The van der Waals surface area contributed by atoms with Gasteiger partial charge >= 0.3 is 0 Å². The Morgan fingerprint density at radius 2 is 1.90 bits per heavy atom. The molecule has 0 radical (unpaired) electrons. The molecule has 0 saturated heterocycles. The SMILES string of the molecule is COc1cc(CO)cc2c1O[C@@H]1[C@@H](O)[C@H](N(Cc3ccc(Cl)cc3)C(=O)C3CCC3)C=C(C(=O)NCCO)[C@H]21. The normalized spacial score (nSPS) is 23.6. The molecule has 1 fully saturated rings. The van der Waals surface area contributed by atoms with Crippen LogP contribution in [-0.2, 0) is 22.7 Å². The third-order valence-electron chi connectivity index (χ3n) is 7.86. The van der Waals surface area contributed by atoms with Crippen molar-refractivity contribution >= 4 is 23.4 Å². The van der Waals surface area contributed by atoms with Crippen LogP contribution in [0.1, 0.15) is 41.9 Å². The van der Waals surface area contributed by atoms with Crippen LogP contribution in [0.5, 0.6) is 11.5 Å². The summed E-state index contributed by atoms with van der Waals surface area (Å²) in [7, 11) is 1.48. The molecule has 1 aliphatic heterocycles. The Hall–Kier alpha value is -3.11. The summed E-state index contributed by atoms with van der Waals surface area (Å²) in [6.45, 7) is -0.215. The van der Waals surface area contributed by atoms with Crippen LogP contribution < -0.4 is 14.8 Å². The topological polar surface area (TPSA) is 129 Å². The van der Waals surface area contributed by atoms with E-state index in [-0.39, 0.29) is 38.1 Å². The van der Waals surface area contributed by atoms with Gasteiger partial charge in [-0.1, -0.05) is 30.2 Å². The number of benzene rings is 2. The quantitative estimate of drug-likeness (QED) is 0.373. The Morgan fingerprint density at radius 3 is 2.51 bits per heavy atom. The van der Waals surface area contributed by atoms with Gasteiger partial charge in [-0.2, -0.15) is 0 Å². The van der Waals surface area contributed by atoms with Gasteiger partial charge in [0.2, 0.25) is 11.8 Å². The van der Waals surface area contributed by atoms with E-state index in [9.17, 15) is 24.9 Å². The minimum Gasteiger partial charge on any atom is -0.493 e. The van der Waals surface area contributed by atoms with E-state index in [1.54, 1.807) is 35.2 Å². The monoisotopic (exact) mass is 556 g/mol. The Bertz CT molecular complexity index is 1260. The zero-order valence-corrected chi connectivity index (χ0v) is 22.4. The molecule has 9 nitrogen and oxygen atoms in total. The van der Waals surface area contributed by atoms with Gasteiger partial charge < -0.3 is 35.0 Å². The molecule has 5 rings (SSSR count). The lowest BCUT2D eigenvalue weighted by Gasteiger charge is -2.42. The minimum absolute atomic E-state index is 0.0456. The molecule has 208 valence electrons. The maximum atomic E-state index is 13.7. The number of halogens is 1. The summed E-state index contributed by atoms with van der Waals surface area (Å²) in [6, 6.07) is 9.73. The Morgan fingerprint density at radius 1 is 1.15 bits per heavy atom. The van der Waals surface area contributed by atoms with Gasteiger partial charge in [-0.25, -0.2) is 0 Å². The number of fused-ring (bicyclic) bond motifs is 3. The first-order valence-corrected chi connectivity index (χ1v) is 13.6. The molecule has 39 heavy (non-hydrogen) atoms. The zero-order chi connectivity index (χ0) is 27.7. The molecule has 2 aliphatic carbocycles. The number of carbonyl (C=O) groups is 2. The number of methoxy groups -OCH3 is 1. The molecule has 0 unspecified atom stereocenters. The van der Waals surface area contributed by atoms with E-state index in [0.717, 1.165) is 24.8 Å². The number of carbonyl (C=O) groups excluding carboxylic acids is 2. The molecule has 2 aromatic rings. The second-order valence-electron chi connectivity index (χ2n) is 10.2. The van der Waals surface area contributed by atoms with Crippen LogP contribution in [0.2, 0.25) is 5.02 Å². The van der Waals surface area contributed by atoms with Crippen LogP contribution in [0.15, 0.2) is 48.0 Å². The fraction of sp³-hybridized carbons (Fsp3) is 0.448. The summed E-state index contributed by atoms with van der Waals surface area (Å²) < 4.78 is 11.8. The predicted octanol–water partition coefficient (Wildman–Crippen LogP) is 2.29. The lowest BCUT2D eigenvalue weighted by Crippen LogP contribution is -2.56. The summed E-state index contributed by atoms with van der Waals surface area (Å²) in [5, 5.41) is 34.2. The molecule has 0 aromatic heterocycles. The van der Waals surface area contributed by atoms with Crippen molar-refractivity contribution in [1.29, 1.82) is 0 Å². The number of hydrogen-bond donors (Lipinski definition) is 4. The van der Waals surface area contributed by atoms with Gasteiger partial charge in [-0.3, -0.25) is 9.59 Å². The van der Waals surface area contributed by atoms with E-state index in [1.165, 1.54) is 7.11 Å².